The molecular weight excluding hydrogens is 272 g/mol. The number of anilines is 1. The molecule has 0 aliphatic carbocycles. The van der Waals surface area contributed by atoms with E-state index in [4.69, 9.17) is 5.73 Å². The monoisotopic (exact) mass is 298 g/mol. The number of nitrogens with zero attached hydrogens (tertiary/aromatic N) is 1. The molecule has 0 fully saturated rings. The van der Waals surface area contributed by atoms with Gasteiger partial charge in [-0.15, -0.1) is 0 Å². The highest BCUT2D eigenvalue weighted by molar-refractivity contribution is 7.91. The topological polar surface area (TPSA) is 63.4 Å². The lowest BCUT2D eigenvalue weighted by molar-refractivity contribution is 0.379. The standard InChI is InChI=1S/C15H26N2O2S/c1-5-17(12-15(3,4)11-16)13-9-7-8-10-14(13)20(18,19)6-2/h7-10H,5-6,11-12,16H2,1-4H3. The summed E-state index contributed by atoms with van der Waals surface area (Å²) in [6.07, 6.45) is 0. The summed E-state index contributed by atoms with van der Waals surface area (Å²) in [5.74, 6) is 0.113. The molecule has 0 heterocycles. The van der Waals surface area contributed by atoms with Gasteiger partial charge in [-0.05, 0) is 31.0 Å². The minimum absolute atomic E-state index is 0.0565. The van der Waals surface area contributed by atoms with Gasteiger partial charge in [0.1, 0.15) is 0 Å². The molecule has 1 aromatic rings. The summed E-state index contributed by atoms with van der Waals surface area (Å²) in [5.41, 5.74) is 6.51. The molecule has 0 unspecified atom stereocenters. The zero-order chi connectivity index (χ0) is 15.4. The van der Waals surface area contributed by atoms with Crippen LogP contribution in [0.3, 0.4) is 0 Å². The third-order valence-corrected chi connectivity index (χ3v) is 5.25. The van der Waals surface area contributed by atoms with Crippen LogP contribution in [0.25, 0.3) is 0 Å². The molecule has 5 heteroatoms. The number of benzene rings is 1. The summed E-state index contributed by atoms with van der Waals surface area (Å²) in [6, 6.07) is 7.21. The van der Waals surface area contributed by atoms with Crippen molar-refractivity contribution in [3.05, 3.63) is 24.3 Å². The van der Waals surface area contributed by atoms with Crippen LogP contribution in [0.15, 0.2) is 29.2 Å². The van der Waals surface area contributed by atoms with Crippen LogP contribution in [0.4, 0.5) is 5.69 Å². The van der Waals surface area contributed by atoms with Crippen molar-refractivity contribution in [2.24, 2.45) is 11.1 Å². The van der Waals surface area contributed by atoms with E-state index in [0.29, 0.717) is 11.4 Å². The molecule has 114 valence electrons. The summed E-state index contributed by atoms with van der Waals surface area (Å²) < 4.78 is 24.5. The molecule has 0 bridgehead atoms. The Morgan fingerprint density at radius 1 is 1.20 bits per heavy atom. The van der Waals surface area contributed by atoms with Crippen LogP contribution in [0.2, 0.25) is 0 Å². The Bertz CT molecular complexity index is 539. The summed E-state index contributed by atoms with van der Waals surface area (Å²) in [4.78, 5) is 2.51. The Morgan fingerprint density at radius 2 is 1.80 bits per heavy atom. The highest BCUT2D eigenvalue weighted by Gasteiger charge is 2.24. The van der Waals surface area contributed by atoms with Gasteiger partial charge < -0.3 is 10.6 Å². The summed E-state index contributed by atoms with van der Waals surface area (Å²) in [7, 11) is -3.22. The minimum atomic E-state index is -3.22. The van der Waals surface area contributed by atoms with Gasteiger partial charge in [-0.25, -0.2) is 8.42 Å². The quantitative estimate of drug-likeness (QED) is 0.839. The van der Waals surface area contributed by atoms with Crippen LogP contribution in [-0.4, -0.2) is 33.8 Å². The second-order valence-electron chi connectivity index (χ2n) is 5.75. The van der Waals surface area contributed by atoms with E-state index in [-0.39, 0.29) is 11.2 Å². The van der Waals surface area contributed by atoms with Crippen LogP contribution < -0.4 is 10.6 Å². The molecular formula is C15H26N2O2S. The number of sulfone groups is 1. The SMILES string of the molecule is CCN(CC(C)(C)CN)c1ccccc1S(=O)(=O)CC. The number of hydrogen-bond acceptors (Lipinski definition) is 4. The molecule has 0 atom stereocenters. The van der Waals surface area contributed by atoms with Crippen molar-refractivity contribution in [2.45, 2.75) is 32.6 Å². The molecule has 0 radical (unpaired) electrons. The maximum atomic E-state index is 12.2. The molecule has 0 saturated carbocycles. The average molecular weight is 298 g/mol. The molecule has 4 nitrogen and oxygen atoms in total. The zero-order valence-electron chi connectivity index (χ0n) is 12.9. The van der Waals surface area contributed by atoms with E-state index >= 15 is 0 Å². The highest BCUT2D eigenvalue weighted by atomic mass is 32.2. The number of hydrogen-bond donors (Lipinski definition) is 1. The normalized spacial score (nSPS) is 12.4. The van der Waals surface area contributed by atoms with Crippen molar-refractivity contribution in [2.75, 3.05) is 30.3 Å². The van der Waals surface area contributed by atoms with Crippen molar-refractivity contribution in [1.29, 1.82) is 0 Å². The van der Waals surface area contributed by atoms with Crippen LogP contribution >= 0.6 is 0 Å². The third kappa shape index (κ3) is 3.96. The van der Waals surface area contributed by atoms with E-state index in [2.05, 4.69) is 18.7 Å². The number of nitrogens with two attached hydrogens (primary N) is 1. The highest BCUT2D eigenvalue weighted by Crippen LogP contribution is 2.28. The smallest absolute Gasteiger partial charge is 0.180 e. The Kier molecular flexibility index (Phi) is 5.59. The van der Waals surface area contributed by atoms with Gasteiger partial charge in [-0.3, -0.25) is 0 Å². The van der Waals surface area contributed by atoms with Crippen molar-refractivity contribution in [3.8, 4) is 0 Å². The fourth-order valence-corrected chi connectivity index (χ4v) is 3.20. The number of rotatable bonds is 7. The molecule has 2 N–H and O–H groups in total. The Morgan fingerprint density at radius 3 is 2.30 bits per heavy atom. The summed E-state index contributed by atoms with van der Waals surface area (Å²) in [5, 5.41) is 0. The molecule has 0 aromatic heterocycles. The second-order valence-corrected chi connectivity index (χ2v) is 8.00. The largest absolute Gasteiger partial charge is 0.370 e. The van der Waals surface area contributed by atoms with Crippen LogP contribution in [0, 0.1) is 5.41 Å². The van der Waals surface area contributed by atoms with Crippen LogP contribution in [0.5, 0.6) is 0 Å². The van der Waals surface area contributed by atoms with Gasteiger partial charge in [0.2, 0.25) is 0 Å². The van der Waals surface area contributed by atoms with E-state index in [0.717, 1.165) is 18.8 Å². The molecule has 0 aliphatic rings. The summed E-state index contributed by atoms with van der Waals surface area (Å²) >= 11 is 0. The molecule has 20 heavy (non-hydrogen) atoms. The second kappa shape index (κ2) is 6.59. The minimum Gasteiger partial charge on any atom is -0.370 e. The van der Waals surface area contributed by atoms with Gasteiger partial charge in [0.15, 0.2) is 9.84 Å². The van der Waals surface area contributed by atoms with E-state index in [1.807, 2.05) is 19.1 Å². The first-order valence-electron chi connectivity index (χ1n) is 7.04. The first-order chi connectivity index (χ1) is 9.27. The van der Waals surface area contributed by atoms with Gasteiger partial charge in [-0.1, -0.05) is 32.9 Å². The van der Waals surface area contributed by atoms with E-state index in [1.54, 1.807) is 19.1 Å². The Labute approximate surface area is 122 Å². The van der Waals surface area contributed by atoms with Crippen molar-refractivity contribution < 1.29 is 8.42 Å². The molecule has 0 spiro atoms. The first kappa shape index (κ1) is 17.0. The first-order valence-corrected chi connectivity index (χ1v) is 8.69. The molecule has 0 amide bonds. The van der Waals surface area contributed by atoms with Crippen molar-refractivity contribution in [3.63, 3.8) is 0 Å². The lowest BCUT2D eigenvalue weighted by Crippen LogP contribution is -2.39. The average Bonchev–Trinajstić information content (AvgIpc) is 2.45. The molecule has 0 saturated heterocycles. The predicted molar refractivity (Wildman–Crippen MR) is 84.9 cm³/mol. The third-order valence-electron chi connectivity index (χ3n) is 3.47. The maximum absolute atomic E-state index is 12.2. The van der Waals surface area contributed by atoms with Gasteiger partial charge in [0.25, 0.3) is 0 Å². The fraction of sp³-hybridized carbons (Fsp3) is 0.600. The van der Waals surface area contributed by atoms with Gasteiger partial charge in [0.05, 0.1) is 16.3 Å². The van der Waals surface area contributed by atoms with Gasteiger partial charge in [-0.2, -0.15) is 0 Å². The molecule has 0 aliphatic heterocycles. The fourth-order valence-electron chi connectivity index (χ4n) is 2.09. The van der Waals surface area contributed by atoms with E-state index in [1.165, 1.54) is 0 Å². The van der Waals surface area contributed by atoms with E-state index < -0.39 is 9.84 Å². The zero-order valence-corrected chi connectivity index (χ0v) is 13.7. The van der Waals surface area contributed by atoms with E-state index in [9.17, 15) is 8.42 Å². The van der Waals surface area contributed by atoms with Crippen LogP contribution in [-0.2, 0) is 9.84 Å². The van der Waals surface area contributed by atoms with Crippen molar-refractivity contribution >= 4 is 15.5 Å². The van der Waals surface area contributed by atoms with Gasteiger partial charge in [0, 0.05) is 13.1 Å². The lowest BCUT2D eigenvalue weighted by atomic mass is 9.93. The van der Waals surface area contributed by atoms with Crippen molar-refractivity contribution in [1.82, 2.24) is 0 Å². The lowest BCUT2D eigenvalue weighted by Gasteiger charge is -2.33. The maximum Gasteiger partial charge on any atom is 0.180 e. The number of para-hydroxylation sites is 1. The van der Waals surface area contributed by atoms with Gasteiger partial charge >= 0.3 is 0 Å². The molecule has 1 aromatic carbocycles. The Balaban J connectivity index is 3.24. The predicted octanol–water partition coefficient (Wildman–Crippen LogP) is 2.29. The Hall–Kier alpha value is -1.07. The molecule has 1 rings (SSSR count). The van der Waals surface area contributed by atoms with Crippen LogP contribution in [0.1, 0.15) is 27.7 Å². The summed E-state index contributed by atoms with van der Waals surface area (Å²) in [6.45, 7) is 9.93.